The van der Waals surface area contributed by atoms with E-state index in [2.05, 4.69) is 21.9 Å². The van der Waals surface area contributed by atoms with E-state index in [1.165, 1.54) is 22.7 Å². The first-order chi connectivity index (χ1) is 9.94. The molecule has 0 unspecified atom stereocenters. The van der Waals surface area contributed by atoms with Gasteiger partial charge in [0, 0.05) is 16.8 Å². The molecule has 0 saturated heterocycles. The molecular formula is C13H19N3O2S3. The number of sulfonamides is 1. The van der Waals surface area contributed by atoms with Gasteiger partial charge in [-0.2, -0.15) is 0 Å². The largest absolute Gasteiger partial charge is 0.312 e. The average Bonchev–Trinajstić information content (AvgIpc) is 2.96. The molecule has 2 rings (SSSR count). The molecule has 0 bridgehead atoms. The van der Waals surface area contributed by atoms with Crippen molar-refractivity contribution in [1.82, 2.24) is 10.3 Å². The minimum Gasteiger partial charge on any atom is -0.312 e. The first-order valence-electron chi connectivity index (χ1n) is 6.66. The summed E-state index contributed by atoms with van der Waals surface area (Å²) in [5.41, 5.74) is 1.58. The summed E-state index contributed by atoms with van der Waals surface area (Å²) in [6, 6.07) is 0. The average molecular weight is 346 g/mol. The Balaban J connectivity index is 2.24. The maximum Gasteiger partial charge on any atom is 0.265 e. The van der Waals surface area contributed by atoms with Gasteiger partial charge in [0.15, 0.2) is 5.13 Å². The van der Waals surface area contributed by atoms with E-state index in [1.807, 2.05) is 24.6 Å². The van der Waals surface area contributed by atoms with Crippen LogP contribution >= 0.6 is 22.7 Å². The van der Waals surface area contributed by atoms with E-state index in [1.54, 1.807) is 0 Å². The van der Waals surface area contributed by atoms with Gasteiger partial charge in [0.2, 0.25) is 0 Å². The van der Waals surface area contributed by atoms with Crippen molar-refractivity contribution in [3.63, 3.8) is 0 Å². The second kappa shape index (κ2) is 6.87. The lowest BCUT2D eigenvalue weighted by atomic mass is 10.3. The molecule has 2 aromatic rings. The van der Waals surface area contributed by atoms with Gasteiger partial charge in [-0.05, 0) is 37.8 Å². The Bertz CT molecular complexity index is 704. The summed E-state index contributed by atoms with van der Waals surface area (Å²) < 4.78 is 27.7. The second-order valence-corrected chi connectivity index (χ2v) is 8.19. The number of nitrogens with zero attached hydrogens (tertiary/aromatic N) is 1. The number of rotatable bonds is 7. The third kappa shape index (κ3) is 4.03. The zero-order chi connectivity index (χ0) is 15.5. The first-order valence-corrected chi connectivity index (χ1v) is 9.91. The summed E-state index contributed by atoms with van der Waals surface area (Å²) in [5, 5.41) is 7.36. The molecule has 0 aromatic carbocycles. The Labute approximate surface area is 133 Å². The van der Waals surface area contributed by atoms with Gasteiger partial charge in [0.05, 0.1) is 5.69 Å². The van der Waals surface area contributed by atoms with Gasteiger partial charge in [-0.15, -0.1) is 22.7 Å². The lowest BCUT2D eigenvalue weighted by molar-refractivity contribution is 0.598. The maximum atomic E-state index is 12.6. The highest BCUT2D eigenvalue weighted by Gasteiger charge is 2.23. The molecule has 8 heteroatoms. The van der Waals surface area contributed by atoms with Gasteiger partial charge in [0.1, 0.15) is 4.90 Å². The summed E-state index contributed by atoms with van der Waals surface area (Å²) >= 11 is 2.76. The topological polar surface area (TPSA) is 71.1 Å². The van der Waals surface area contributed by atoms with Crippen LogP contribution in [-0.2, 0) is 16.6 Å². The van der Waals surface area contributed by atoms with E-state index < -0.39 is 10.0 Å². The summed E-state index contributed by atoms with van der Waals surface area (Å²) in [5.74, 6) is 0. The molecule has 0 aliphatic rings. The predicted molar refractivity (Wildman–Crippen MR) is 88.7 cm³/mol. The third-order valence-electron chi connectivity index (χ3n) is 2.81. The lowest BCUT2D eigenvalue weighted by Gasteiger charge is -2.08. The van der Waals surface area contributed by atoms with Crippen molar-refractivity contribution in [2.24, 2.45) is 0 Å². The Morgan fingerprint density at radius 2 is 2.00 bits per heavy atom. The van der Waals surface area contributed by atoms with E-state index in [9.17, 15) is 8.42 Å². The number of thiazole rings is 1. The number of anilines is 1. The molecule has 0 aliphatic carbocycles. The molecule has 0 spiro atoms. The van der Waals surface area contributed by atoms with Crippen LogP contribution in [-0.4, -0.2) is 19.9 Å². The number of aryl methyl sites for hydroxylation is 2. The smallest absolute Gasteiger partial charge is 0.265 e. The van der Waals surface area contributed by atoms with Crippen LogP contribution in [0, 0.1) is 13.8 Å². The normalized spacial score (nSPS) is 11.8. The molecule has 0 atom stereocenters. The van der Waals surface area contributed by atoms with E-state index in [0.29, 0.717) is 16.6 Å². The van der Waals surface area contributed by atoms with Crippen LogP contribution < -0.4 is 10.0 Å². The number of hydrogen-bond acceptors (Lipinski definition) is 6. The van der Waals surface area contributed by atoms with Crippen molar-refractivity contribution in [3.8, 4) is 0 Å². The molecule has 2 aromatic heterocycles. The van der Waals surface area contributed by atoms with Crippen LogP contribution in [0.4, 0.5) is 5.13 Å². The fraction of sp³-hybridized carbons (Fsp3) is 0.462. The van der Waals surface area contributed by atoms with Gasteiger partial charge in [-0.3, -0.25) is 4.72 Å². The van der Waals surface area contributed by atoms with Crippen LogP contribution in [0.3, 0.4) is 0 Å². The van der Waals surface area contributed by atoms with E-state index in [0.717, 1.165) is 29.1 Å². The van der Waals surface area contributed by atoms with Crippen molar-refractivity contribution >= 4 is 37.8 Å². The van der Waals surface area contributed by atoms with Crippen LogP contribution in [0.1, 0.15) is 29.5 Å². The molecule has 2 heterocycles. The minimum absolute atomic E-state index is 0.379. The van der Waals surface area contributed by atoms with E-state index in [-0.39, 0.29) is 0 Å². The number of hydrogen-bond donors (Lipinski definition) is 2. The van der Waals surface area contributed by atoms with Gasteiger partial charge in [0.25, 0.3) is 10.0 Å². The molecule has 5 nitrogen and oxygen atoms in total. The molecule has 21 heavy (non-hydrogen) atoms. The molecule has 2 N–H and O–H groups in total. The Morgan fingerprint density at radius 3 is 2.62 bits per heavy atom. The third-order valence-corrected chi connectivity index (χ3v) is 6.62. The SMILES string of the molecule is CCCNCc1scc(C)c1S(=O)(=O)Nc1nc(C)cs1. The fourth-order valence-electron chi connectivity index (χ4n) is 1.92. The molecule has 0 saturated carbocycles. The maximum absolute atomic E-state index is 12.6. The monoisotopic (exact) mass is 345 g/mol. The standard InChI is InChI=1S/C13H19N3O2S3/c1-4-5-14-6-11-12(9(2)7-19-11)21(17,18)16-13-15-10(3)8-20-13/h7-8,14H,4-6H2,1-3H3,(H,15,16). The van der Waals surface area contributed by atoms with Crippen LogP contribution in [0.25, 0.3) is 0 Å². The molecule has 0 radical (unpaired) electrons. The summed E-state index contributed by atoms with van der Waals surface area (Å²) in [7, 11) is -3.59. The van der Waals surface area contributed by atoms with Gasteiger partial charge in [-0.25, -0.2) is 13.4 Å². The van der Waals surface area contributed by atoms with E-state index in [4.69, 9.17) is 0 Å². The highest BCUT2D eigenvalue weighted by Crippen LogP contribution is 2.29. The zero-order valence-corrected chi connectivity index (χ0v) is 14.7. The predicted octanol–water partition coefficient (Wildman–Crippen LogP) is 3.12. The summed E-state index contributed by atoms with van der Waals surface area (Å²) in [6.45, 7) is 7.18. The highest BCUT2D eigenvalue weighted by atomic mass is 32.2. The number of nitrogens with one attached hydrogen (secondary N) is 2. The molecule has 116 valence electrons. The quantitative estimate of drug-likeness (QED) is 0.756. The molecule has 0 aliphatic heterocycles. The summed E-state index contributed by atoms with van der Waals surface area (Å²) in [6.07, 6.45) is 1.02. The van der Waals surface area contributed by atoms with E-state index >= 15 is 0 Å². The first kappa shape index (κ1) is 16.4. The van der Waals surface area contributed by atoms with Crippen molar-refractivity contribution in [2.75, 3.05) is 11.3 Å². The van der Waals surface area contributed by atoms with Crippen molar-refractivity contribution in [3.05, 3.63) is 26.9 Å². The van der Waals surface area contributed by atoms with Gasteiger partial charge >= 0.3 is 0 Å². The van der Waals surface area contributed by atoms with Crippen molar-refractivity contribution in [2.45, 2.75) is 38.6 Å². The second-order valence-electron chi connectivity index (χ2n) is 4.75. The highest BCUT2D eigenvalue weighted by molar-refractivity contribution is 7.93. The van der Waals surface area contributed by atoms with Crippen LogP contribution in [0.15, 0.2) is 15.7 Å². The van der Waals surface area contributed by atoms with Crippen LogP contribution in [0.5, 0.6) is 0 Å². The van der Waals surface area contributed by atoms with Crippen molar-refractivity contribution in [1.29, 1.82) is 0 Å². The Hall–Kier alpha value is -0.960. The molecule has 0 fully saturated rings. The van der Waals surface area contributed by atoms with Gasteiger partial charge < -0.3 is 5.32 Å². The number of aromatic nitrogens is 1. The fourth-order valence-corrected chi connectivity index (χ4v) is 5.64. The zero-order valence-electron chi connectivity index (χ0n) is 12.3. The van der Waals surface area contributed by atoms with Gasteiger partial charge in [-0.1, -0.05) is 6.92 Å². The molecule has 0 amide bonds. The van der Waals surface area contributed by atoms with Crippen LogP contribution in [0.2, 0.25) is 0 Å². The summed E-state index contributed by atoms with van der Waals surface area (Å²) in [4.78, 5) is 5.37. The Kier molecular flexibility index (Phi) is 5.37. The number of thiophene rings is 1. The Morgan fingerprint density at radius 1 is 1.24 bits per heavy atom. The molecular weight excluding hydrogens is 326 g/mol. The minimum atomic E-state index is -3.59. The lowest BCUT2D eigenvalue weighted by Crippen LogP contribution is -2.18. The van der Waals surface area contributed by atoms with Crippen molar-refractivity contribution < 1.29 is 8.42 Å².